The van der Waals surface area contributed by atoms with Crippen molar-refractivity contribution < 1.29 is 13.2 Å². The van der Waals surface area contributed by atoms with E-state index in [-0.39, 0.29) is 21.1 Å². The van der Waals surface area contributed by atoms with Gasteiger partial charge in [0.25, 0.3) is 0 Å². The van der Waals surface area contributed by atoms with Crippen LogP contribution in [0.1, 0.15) is 38.5 Å². The number of nitrogens with zero attached hydrogens (tertiary/aromatic N) is 1. The van der Waals surface area contributed by atoms with E-state index in [2.05, 4.69) is 5.32 Å². The molecule has 1 aromatic rings. The molecule has 0 heterocycles. The molecular weight excluding hydrogens is 372 g/mol. The van der Waals surface area contributed by atoms with Crippen LogP contribution in [0.25, 0.3) is 0 Å². The highest BCUT2D eigenvalue weighted by atomic mass is 35.5. The highest BCUT2D eigenvalue weighted by Crippen LogP contribution is 2.64. The molecule has 4 fully saturated rings. The van der Waals surface area contributed by atoms with Crippen molar-refractivity contribution in [1.29, 1.82) is 0 Å². The summed E-state index contributed by atoms with van der Waals surface area (Å²) in [6.07, 6.45) is 5.90. The Kier molecular flexibility index (Phi) is 4.18. The largest absolute Gasteiger partial charge is 0.326 e. The smallest absolute Gasteiger partial charge is 0.242 e. The minimum atomic E-state index is -3.46. The van der Waals surface area contributed by atoms with Crippen LogP contribution in [0.15, 0.2) is 29.2 Å². The zero-order chi connectivity index (χ0) is 18.7. The summed E-state index contributed by atoms with van der Waals surface area (Å²) in [5.74, 6) is 1.17. The lowest BCUT2D eigenvalue weighted by atomic mass is 9.49. The van der Waals surface area contributed by atoms with E-state index in [1.807, 2.05) is 0 Å². The van der Waals surface area contributed by atoms with Gasteiger partial charge < -0.3 is 5.32 Å². The van der Waals surface area contributed by atoms with E-state index < -0.39 is 10.0 Å². The van der Waals surface area contributed by atoms with E-state index in [0.717, 1.165) is 32.1 Å². The number of sulfonamides is 1. The van der Waals surface area contributed by atoms with Crippen molar-refractivity contribution in [2.75, 3.05) is 19.4 Å². The fourth-order valence-electron chi connectivity index (χ4n) is 5.60. The number of carbonyl (C=O) groups is 1. The standard InChI is InChI=1S/C19H25ClN2O3S/c1-22(2)26(24,25)16-5-3-15(4-6-16)21-17(23)18-8-13-7-14(9-18)11-19(20,10-13)12-18/h3-6,13-14H,7-12H2,1-2H3,(H,21,23)/t13-,14-,18?,19?/m0/s1. The molecule has 1 aromatic carbocycles. The molecule has 26 heavy (non-hydrogen) atoms. The fourth-order valence-corrected chi connectivity index (χ4v) is 7.20. The van der Waals surface area contributed by atoms with Gasteiger partial charge in [0, 0.05) is 24.7 Å². The summed E-state index contributed by atoms with van der Waals surface area (Å²) in [6, 6.07) is 6.39. The maximum absolute atomic E-state index is 13.1. The minimum absolute atomic E-state index is 0.0415. The second kappa shape index (κ2) is 5.94. The van der Waals surface area contributed by atoms with Crippen molar-refractivity contribution in [3.8, 4) is 0 Å². The molecule has 5 nitrogen and oxygen atoms in total. The van der Waals surface area contributed by atoms with Crippen LogP contribution in [0.2, 0.25) is 0 Å². The van der Waals surface area contributed by atoms with Gasteiger partial charge in [-0.2, -0.15) is 0 Å². The number of halogens is 1. The van der Waals surface area contributed by atoms with Gasteiger partial charge in [0.15, 0.2) is 0 Å². The third-order valence-corrected chi connectivity index (χ3v) is 8.63. The topological polar surface area (TPSA) is 66.5 Å². The monoisotopic (exact) mass is 396 g/mol. The molecule has 4 bridgehead atoms. The Morgan fingerprint density at radius 3 is 2.19 bits per heavy atom. The van der Waals surface area contributed by atoms with Crippen LogP contribution < -0.4 is 5.32 Å². The van der Waals surface area contributed by atoms with Crippen molar-refractivity contribution in [2.24, 2.45) is 17.3 Å². The number of anilines is 1. The van der Waals surface area contributed by atoms with Crippen LogP contribution in [0, 0.1) is 17.3 Å². The normalized spacial score (nSPS) is 35.7. The van der Waals surface area contributed by atoms with Crippen molar-refractivity contribution >= 4 is 33.2 Å². The molecule has 0 spiro atoms. The van der Waals surface area contributed by atoms with Gasteiger partial charge in [-0.15, -0.1) is 11.6 Å². The van der Waals surface area contributed by atoms with E-state index in [1.165, 1.54) is 37.0 Å². The van der Waals surface area contributed by atoms with Gasteiger partial charge in [0.2, 0.25) is 15.9 Å². The highest BCUT2D eigenvalue weighted by molar-refractivity contribution is 7.89. The number of hydrogen-bond donors (Lipinski definition) is 1. The first kappa shape index (κ1) is 18.3. The highest BCUT2D eigenvalue weighted by Gasteiger charge is 2.60. The summed E-state index contributed by atoms with van der Waals surface area (Å²) < 4.78 is 25.5. The Labute approximate surface area is 160 Å². The molecule has 1 N–H and O–H groups in total. The molecule has 7 heteroatoms. The average Bonchev–Trinajstić information content (AvgIpc) is 2.52. The molecule has 0 aliphatic heterocycles. The first-order chi connectivity index (χ1) is 12.1. The Hall–Kier alpha value is -1.11. The van der Waals surface area contributed by atoms with E-state index in [1.54, 1.807) is 12.1 Å². The third-order valence-electron chi connectivity index (χ3n) is 6.36. The lowest BCUT2D eigenvalue weighted by molar-refractivity contribution is -0.138. The minimum Gasteiger partial charge on any atom is -0.326 e. The first-order valence-electron chi connectivity index (χ1n) is 9.15. The predicted molar refractivity (Wildman–Crippen MR) is 102 cm³/mol. The van der Waals surface area contributed by atoms with Crippen LogP contribution >= 0.6 is 11.6 Å². The zero-order valence-electron chi connectivity index (χ0n) is 15.2. The molecule has 4 aliphatic rings. The molecule has 2 atom stereocenters. The van der Waals surface area contributed by atoms with Gasteiger partial charge in [-0.05, 0) is 74.6 Å². The summed E-state index contributed by atoms with van der Waals surface area (Å²) >= 11 is 6.82. The molecule has 4 aliphatic carbocycles. The fraction of sp³-hybridized carbons (Fsp3) is 0.632. The number of alkyl halides is 1. The summed E-state index contributed by atoms with van der Waals surface area (Å²) in [7, 11) is -0.464. The van der Waals surface area contributed by atoms with E-state index in [9.17, 15) is 13.2 Å². The van der Waals surface area contributed by atoms with Gasteiger partial charge in [0.1, 0.15) is 0 Å². The molecular formula is C19H25ClN2O3S. The maximum Gasteiger partial charge on any atom is 0.242 e. The SMILES string of the molecule is CN(C)S(=O)(=O)c1ccc(NC(=O)C23C[C@@H]4C[C@H](CC(Cl)(C4)C2)C3)cc1. The molecule has 0 aromatic heterocycles. The van der Waals surface area contributed by atoms with Gasteiger partial charge in [-0.3, -0.25) is 4.79 Å². The van der Waals surface area contributed by atoms with Crippen molar-refractivity contribution in [3.05, 3.63) is 24.3 Å². The molecule has 1 amide bonds. The first-order valence-corrected chi connectivity index (χ1v) is 11.0. The number of carbonyl (C=O) groups excluding carboxylic acids is 1. The molecule has 142 valence electrons. The number of rotatable bonds is 4. The van der Waals surface area contributed by atoms with E-state index in [0.29, 0.717) is 17.5 Å². The summed E-state index contributed by atoms with van der Waals surface area (Å²) in [6.45, 7) is 0. The molecule has 0 radical (unpaired) electrons. The summed E-state index contributed by atoms with van der Waals surface area (Å²) in [5.41, 5.74) is 0.271. The second-order valence-electron chi connectivity index (χ2n) is 8.66. The molecule has 4 saturated carbocycles. The number of hydrogen-bond acceptors (Lipinski definition) is 3. The molecule has 0 saturated heterocycles. The van der Waals surface area contributed by atoms with Gasteiger partial charge in [0.05, 0.1) is 10.3 Å². The van der Waals surface area contributed by atoms with Gasteiger partial charge in [-0.25, -0.2) is 12.7 Å². The quantitative estimate of drug-likeness (QED) is 0.792. The Morgan fingerprint density at radius 1 is 1.12 bits per heavy atom. The lowest BCUT2D eigenvalue weighted by Gasteiger charge is -2.59. The van der Waals surface area contributed by atoms with Crippen molar-refractivity contribution in [3.63, 3.8) is 0 Å². The summed E-state index contributed by atoms with van der Waals surface area (Å²) in [5, 5.41) is 3.02. The average molecular weight is 397 g/mol. The Morgan fingerprint density at radius 2 is 1.69 bits per heavy atom. The Bertz CT molecular complexity index is 821. The van der Waals surface area contributed by atoms with Crippen LogP contribution in [0.5, 0.6) is 0 Å². The van der Waals surface area contributed by atoms with Crippen LogP contribution in [-0.4, -0.2) is 37.6 Å². The molecule has 5 rings (SSSR count). The number of amides is 1. The predicted octanol–water partition coefficient (Wildman–Crippen LogP) is 3.45. The van der Waals surface area contributed by atoms with E-state index >= 15 is 0 Å². The van der Waals surface area contributed by atoms with Gasteiger partial charge >= 0.3 is 0 Å². The van der Waals surface area contributed by atoms with Gasteiger partial charge in [-0.1, -0.05) is 0 Å². The Balaban J connectivity index is 1.52. The van der Waals surface area contributed by atoms with Crippen LogP contribution in [0.4, 0.5) is 5.69 Å². The molecule has 0 unspecified atom stereocenters. The maximum atomic E-state index is 13.1. The van der Waals surface area contributed by atoms with E-state index in [4.69, 9.17) is 11.6 Å². The van der Waals surface area contributed by atoms with Crippen LogP contribution in [0.3, 0.4) is 0 Å². The second-order valence-corrected chi connectivity index (χ2v) is 11.6. The summed E-state index contributed by atoms with van der Waals surface area (Å²) in [4.78, 5) is 13.1. The number of benzene rings is 1. The van der Waals surface area contributed by atoms with Crippen molar-refractivity contribution in [2.45, 2.75) is 48.3 Å². The van der Waals surface area contributed by atoms with Crippen LogP contribution in [-0.2, 0) is 14.8 Å². The third kappa shape index (κ3) is 2.96. The zero-order valence-corrected chi connectivity index (χ0v) is 16.7. The number of nitrogens with one attached hydrogen (secondary N) is 1. The lowest BCUT2D eigenvalue weighted by Crippen LogP contribution is -2.57. The van der Waals surface area contributed by atoms with Crippen molar-refractivity contribution in [1.82, 2.24) is 4.31 Å².